The second kappa shape index (κ2) is 5.19. The molecule has 0 radical (unpaired) electrons. The van der Waals surface area contributed by atoms with Gasteiger partial charge in [0, 0.05) is 18.8 Å². The van der Waals surface area contributed by atoms with E-state index in [1.54, 1.807) is 6.20 Å². The first-order valence-electron chi connectivity index (χ1n) is 7.21. The predicted octanol–water partition coefficient (Wildman–Crippen LogP) is 3.04. The summed E-state index contributed by atoms with van der Waals surface area (Å²) in [5, 5.41) is 2.91. The summed E-state index contributed by atoms with van der Waals surface area (Å²) >= 11 is 0. The van der Waals surface area contributed by atoms with Gasteiger partial charge in [-0.25, -0.2) is 4.79 Å². The van der Waals surface area contributed by atoms with E-state index in [1.165, 1.54) is 25.7 Å². The fourth-order valence-corrected chi connectivity index (χ4v) is 3.15. The van der Waals surface area contributed by atoms with Gasteiger partial charge >= 0.3 is 6.03 Å². The molecule has 1 aliphatic heterocycles. The zero-order valence-corrected chi connectivity index (χ0v) is 11.4. The number of carbonyl (C=O) groups is 1. The molecule has 0 aromatic carbocycles. The van der Waals surface area contributed by atoms with Crippen molar-refractivity contribution in [3.63, 3.8) is 0 Å². The normalized spacial score (nSPS) is 20.4. The highest BCUT2D eigenvalue weighted by Gasteiger charge is 2.37. The van der Waals surface area contributed by atoms with Gasteiger partial charge in [0.15, 0.2) is 0 Å². The maximum absolute atomic E-state index is 12.0. The Hall–Kier alpha value is -1.58. The molecule has 2 fully saturated rings. The highest BCUT2D eigenvalue weighted by atomic mass is 16.2. The van der Waals surface area contributed by atoms with E-state index >= 15 is 0 Å². The van der Waals surface area contributed by atoms with Crippen LogP contribution >= 0.6 is 0 Å². The zero-order valence-electron chi connectivity index (χ0n) is 11.4. The monoisotopic (exact) mass is 259 g/mol. The van der Waals surface area contributed by atoms with Gasteiger partial charge in [0.25, 0.3) is 0 Å². The summed E-state index contributed by atoms with van der Waals surface area (Å²) in [5.41, 5.74) is 1.74. The maximum atomic E-state index is 12.0. The smallest absolute Gasteiger partial charge is 0.321 e. The molecule has 1 saturated carbocycles. The molecule has 1 aromatic heterocycles. The van der Waals surface area contributed by atoms with Crippen LogP contribution < -0.4 is 5.32 Å². The third-order valence-corrected chi connectivity index (χ3v) is 4.43. The van der Waals surface area contributed by atoms with E-state index in [0.29, 0.717) is 0 Å². The molecule has 2 heterocycles. The molecule has 1 aliphatic carbocycles. The number of rotatable bonds is 2. The Bertz CT molecular complexity index is 445. The molecule has 1 aromatic rings. The van der Waals surface area contributed by atoms with E-state index in [4.69, 9.17) is 0 Å². The molecule has 102 valence electrons. The first-order valence-corrected chi connectivity index (χ1v) is 7.21. The van der Waals surface area contributed by atoms with Gasteiger partial charge in [-0.05, 0) is 30.9 Å². The Kier molecular flexibility index (Phi) is 3.40. The van der Waals surface area contributed by atoms with Crippen LogP contribution in [0.5, 0.6) is 0 Å². The fourth-order valence-electron chi connectivity index (χ4n) is 3.15. The molecule has 2 amide bonds. The van der Waals surface area contributed by atoms with Gasteiger partial charge in [0.1, 0.15) is 0 Å². The van der Waals surface area contributed by atoms with Crippen LogP contribution in [0, 0.1) is 18.8 Å². The van der Waals surface area contributed by atoms with Crippen molar-refractivity contribution in [3.8, 4) is 0 Å². The summed E-state index contributed by atoms with van der Waals surface area (Å²) in [6.45, 7) is 3.79. The Morgan fingerprint density at radius 1 is 1.26 bits per heavy atom. The molecule has 19 heavy (non-hydrogen) atoms. The van der Waals surface area contributed by atoms with Crippen LogP contribution in [0.4, 0.5) is 10.5 Å². The molecular weight excluding hydrogens is 238 g/mol. The second-order valence-corrected chi connectivity index (χ2v) is 5.83. The van der Waals surface area contributed by atoms with Crippen LogP contribution in [0.15, 0.2) is 18.3 Å². The summed E-state index contributed by atoms with van der Waals surface area (Å²) < 4.78 is 0. The summed E-state index contributed by atoms with van der Waals surface area (Å²) in [6.07, 6.45) is 7.19. The van der Waals surface area contributed by atoms with Crippen molar-refractivity contribution in [2.45, 2.75) is 32.6 Å². The third-order valence-electron chi connectivity index (χ3n) is 4.43. The number of nitrogens with one attached hydrogen (secondary N) is 1. The van der Waals surface area contributed by atoms with Gasteiger partial charge in [0.05, 0.1) is 11.9 Å². The van der Waals surface area contributed by atoms with E-state index < -0.39 is 0 Å². The topological polar surface area (TPSA) is 45.2 Å². The van der Waals surface area contributed by atoms with Gasteiger partial charge in [-0.3, -0.25) is 4.98 Å². The van der Waals surface area contributed by atoms with E-state index in [1.807, 2.05) is 24.0 Å². The molecule has 4 heteroatoms. The maximum Gasteiger partial charge on any atom is 0.321 e. The Morgan fingerprint density at radius 3 is 2.63 bits per heavy atom. The molecule has 0 unspecified atom stereocenters. The number of aromatic nitrogens is 1. The summed E-state index contributed by atoms with van der Waals surface area (Å²) in [4.78, 5) is 18.1. The molecular formula is C15H21N3O. The second-order valence-electron chi connectivity index (χ2n) is 5.83. The van der Waals surface area contributed by atoms with Crippen molar-refractivity contribution in [3.05, 3.63) is 24.0 Å². The third kappa shape index (κ3) is 2.72. The molecule has 0 spiro atoms. The molecule has 0 bridgehead atoms. The van der Waals surface area contributed by atoms with Crippen LogP contribution in [0.3, 0.4) is 0 Å². The van der Waals surface area contributed by atoms with Crippen LogP contribution in [0.1, 0.15) is 31.4 Å². The number of likely N-dealkylation sites (tertiary alicyclic amines) is 1. The lowest BCUT2D eigenvalue weighted by molar-refractivity contribution is 0.0927. The number of anilines is 1. The number of carbonyl (C=O) groups excluding carboxylic acids is 1. The minimum atomic E-state index is 0.0138. The first-order chi connectivity index (χ1) is 9.22. The van der Waals surface area contributed by atoms with Crippen molar-refractivity contribution < 1.29 is 4.79 Å². The van der Waals surface area contributed by atoms with Gasteiger partial charge in [0.2, 0.25) is 0 Å². The SMILES string of the molecule is Cc1ccc(NC(=O)N2CC(C3CCCC3)C2)cn1. The van der Waals surface area contributed by atoms with Gasteiger partial charge < -0.3 is 10.2 Å². The van der Waals surface area contributed by atoms with E-state index in [9.17, 15) is 4.79 Å². The Labute approximate surface area is 114 Å². The minimum Gasteiger partial charge on any atom is -0.324 e. The number of pyridine rings is 1. The molecule has 2 aliphatic rings. The van der Waals surface area contributed by atoms with Gasteiger partial charge in [-0.15, -0.1) is 0 Å². The van der Waals surface area contributed by atoms with Crippen molar-refractivity contribution in [1.29, 1.82) is 0 Å². The molecule has 0 atom stereocenters. The van der Waals surface area contributed by atoms with E-state index in [-0.39, 0.29) is 6.03 Å². The lowest BCUT2D eigenvalue weighted by Gasteiger charge is -2.42. The summed E-state index contributed by atoms with van der Waals surface area (Å²) in [6, 6.07) is 3.82. The van der Waals surface area contributed by atoms with Crippen LogP contribution in [0.25, 0.3) is 0 Å². The van der Waals surface area contributed by atoms with Crippen molar-refractivity contribution in [2.75, 3.05) is 18.4 Å². The largest absolute Gasteiger partial charge is 0.324 e. The number of nitrogens with zero attached hydrogens (tertiary/aromatic N) is 2. The standard InChI is InChI=1S/C15H21N3O/c1-11-6-7-14(8-16-11)17-15(19)18-9-13(10-18)12-4-2-3-5-12/h6-8,12-13H,2-5,9-10H2,1H3,(H,17,19). The lowest BCUT2D eigenvalue weighted by Crippen LogP contribution is -2.53. The highest BCUT2D eigenvalue weighted by Crippen LogP contribution is 2.36. The van der Waals surface area contributed by atoms with Crippen LogP contribution in [-0.4, -0.2) is 29.0 Å². The predicted molar refractivity (Wildman–Crippen MR) is 75.0 cm³/mol. The Morgan fingerprint density at radius 2 is 2.00 bits per heavy atom. The number of hydrogen-bond acceptors (Lipinski definition) is 2. The summed E-state index contributed by atoms with van der Waals surface area (Å²) in [5.74, 6) is 1.61. The number of aryl methyl sites for hydroxylation is 1. The van der Waals surface area contributed by atoms with E-state index in [0.717, 1.165) is 36.3 Å². The van der Waals surface area contributed by atoms with Crippen molar-refractivity contribution >= 4 is 11.7 Å². The molecule has 3 rings (SSSR count). The van der Waals surface area contributed by atoms with Crippen molar-refractivity contribution in [2.24, 2.45) is 11.8 Å². The van der Waals surface area contributed by atoms with Gasteiger partial charge in [-0.2, -0.15) is 0 Å². The average Bonchev–Trinajstić information content (AvgIpc) is 2.84. The van der Waals surface area contributed by atoms with Crippen LogP contribution in [0.2, 0.25) is 0 Å². The quantitative estimate of drug-likeness (QED) is 0.887. The number of amides is 2. The Balaban J connectivity index is 1.48. The fraction of sp³-hybridized carbons (Fsp3) is 0.600. The lowest BCUT2D eigenvalue weighted by atomic mass is 9.85. The average molecular weight is 259 g/mol. The van der Waals surface area contributed by atoms with Gasteiger partial charge in [-0.1, -0.05) is 25.7 Å². The first kappa shape index (κ1) is 12.5. The van der Waals surface area contributed by atoms with E-state index in [2.05, 4.69) is 10.3 Å². The molecule has 1 saturated heterocycles. The van der Waals surface area contributed by atoms with Crippen molar-refractivity contribution in [1.82, 2.24) is 9.88 Å². The highest BCUT2D eigenvalue weighted by molar-refractivity contribution is 5.89. The molecule has 1 N–H and O–H groups in total. The zero-order chi connectivity index (χ0) is 13.2. The van der Waals surface area contributed by atoms with Crippen LogP contribution in [-0.2, 0) is 0 Å². The summed E-state index contributed by atoms with van der Waals surface area (Å²) in [7, 11) is 0. The minimum absolute atomic E-state index is 0.0138. The number of hydrogen-bond donors (Lipinski definition) is 1. The number of urea groups is 1. The molecule has 4 nitrogen and oxygen atoms in total.